The molecule has 1 aromatic heterocycles. The number of para-hydroxylation sites is 2. The number of nitrogens with one attached hydrogen (secondary N) is 1. The third-order valence-electron chi connectivity index (χ3n) is 3.73. The molecule has 1 N–H and O–H groups in total. The number of anilines is 1. The molecule has 0 fully saturated rings. The van der Waals surface area contributed by atoms with Crippen LogP contribution in [0.4, 0.5) is 11.4 Å². The lowest BCUT2D eigenvalue weighted by Gasteiger charge is -2.21. The molecule has 2 aromatic rings. The first-order chi connectivity index (χ1) is 11.7. The smallest absolute Gasteiger partial charge is 0.240 e. The van der Waals surface area contributed by atoms with E-state index in [0.717, 1.165) is 22.7 Å². The first-order valence-corrected chi connectivity index (χ1v) is 8.84. The number of benzene rings is 1. The third-order valence-corrected chi connectivity index (χ3v) is 4.65. The minimum Gasteiger partial charge on any atom is -0.355 e. The van der Waals surface area contributed by atoms with E-state index in [1.54, 1.807) is 11.3 Å². The van der Waals surface area contributed by atoms with Gasteiger partial charge >= 0.3 is 0 Å². The Balaban J connectivity index is 1.92. The van der Waals surface area contributed by atoms with E-state index in [2.05, 4.69) is 10.3 Å². The number of carbonyl (C=O) groups is 2. The van der Waals surface area contributed by atoms with Gasteiger partial charge in [0.25, 0.3) is 0 Å². The standard InChI is InChI=1S/C18H19N3O2S/c1-2-9-19-17(22)12-21-15-7-4-3-6-13(15)20-14(11-18(21)23)16-8-5-10-24-16/h3-8,10H,2,9,11-12H2,1H3,(H,19,22). The maximum atomic E-state index is 12.8. The fourth-order valence-corrected chi connectivity index (χ4v) is 3.28. The molecule has 124 valence electrons. The highest BCUT2D eigenvalue weighted by atomic mass is 32.1. The number of fused-ring (bicyclic) bond motifs is 1. The van der Waals surface area contributed by atoms with E-state index in [0.29, 0.717) is 12.2 Å². The summed E-state index contributed by atoms with van der Waals surface area (Å²) in [6, 6.07) is 11.4. The van der Waals surface area contributed by atoms with Crippen LogP contribution < -0.4 is 10.2 Å². The molecule has 1 aliphatic heterocycles. The van der Waals surface area contributed by atoms with E-state index < -0.39 is 0 Å². The molecule has 24 heavy (non-hydrogen) atoms. The number of nitrogens with zero attached hydrogens (tertiary/aromatic N) is 2. The Morgan fingerprint density at radius 1 is 1.29 bits per heavy atom. The second-order valence-corrected chi connectivity index (χ2v) is 6.48. The fraction of sp³-hybridized carbons (Fsp3) is 0.278. The fourth-order valence-electron chi connectivity index (χ4n) is 2.57. The summed E-state index contributed by atoms with van der Waals surface area (Å²) in [5.41, 5.74) is 2.15. The molecule has 2 amide bonds. The number of aliphatic imine (C=N–C) groups is 1. The third kappa shape index (κ3) is 3.54. The quantitative estimate of drug-likeness (QED) is 0.908. The highest BCUT2D eigenvalue weighted by Gasteiger charge is 2.26. The summed E-state index contributed by atoms with van der Waals surface area (Å²) in [6.07, 6.45) is 1.05. The minimum absolute atomic E-state index is 0.0170. The summed E-state index contributed by atoms with van der Waals surface area (Å²) in [7, 11) is 0. The van der Waals surface area contributed by atoms with Gasteiger partial charge < -0.3 is 10.2 Å². The molecule has 1 aromatic carbocycles. The van der Waals surface area contributed by atoms with Crippen molar-refractivity contribution in [3.63, 3.8) is 0 Å². The Kier molecular flexibility index (Phi) is 5.05. The van der Waals surface area contributed by atoms with E-state index in [9.17, 15) is 9.59 Å². The Morgan fingerprint density at radius 3 is 2.88 bits per heavy atom. The predicted molar refractivity (Wildman–Crippen MR) is 97.2 cm³/mol. The zero-order valence-corrected chi connectivity index (χ0v) is 14.3. The zero-order chi connectivity index (χ0) is 16.9. The molecule has 3 rings (SSSR count). The van der Waals surface area contributed by atoms with Crippen LogP contribution in [-0.2, 0) is 9.59 Å². The van der Waals surface area contributed by atoms with E-state index in [1.807, 2.05) is 48.7 Å². The molecular formula is C18H19N3O2S. The van der Waals surface area contributed by atoms with Crippen LogP contribution in [0.2, 0.25) is 0 Å². The predicted octanol–water partition coefficient (Wildman–Crippen LogP) is 3.13. The number of rotatable bonds is 5. The van der Waals surface area contributed by atoms with Gasteiger partial charge in [-0.1, -0.05) is 25.1 Å². The van der Waals surface area contributed by atoms with Crippen molar-refractivity contribution < 1.29 is 9.59 Å². The highest BCUT2D eigenvalue weighted by molar-refractivity contribution is 7.12. The van der Waals surface area contributed by atoms with Gasteiger partial charge in [-0.15, -0.1) is 11.3 Å². The van der Waals surface area contributed by atoms with E-state index in [-0.39, 0.29) is 24.8 Å². The summed E-state index contributed by atoms with van der Waals surface area (Å²) < 4.78 is 0. The average Bonchev–Trinajstić information content (AvgIpc) is 3.08. The summed E-state index contributed by atoms with van der Waals surface area (Å²) in [5.74, 6) is -0.265. The number of carbonyl (C=O) groups excluding carboxylic acids is 2. The van der Waals surface area contributed by atoms with Crippen LogP contribution in [0, 0.1) is 0 Å². The van der Waals surface area contributed by atoms with Crippen molar-refractivity contribution in [3.8, 4) is 0 Å². The molecule has 0 radical (unpaired) electrons. The molecule has 0 saturated heterocycles. The van der Waals surface area contributed by atoms with Crippen LogP contribution >= 0.6 is 11.3 Å². The van der Waals surface area contributed by atoms with Crippen LogP contribution in [-0.4, -0.2) is 30.6 Å². The summed E-state index contributed by atoms with van der Waals surface area (Å²) in [6.45, 7) is 2.62. The van der Waals surface area contributed by atoms with Gasteiger partial charge in [0.05, 0.1) is 23.5 Å². The van der Waals surface area contributed by atoms with E-state index in [4.69, 9.17) is 0 Å². The molecule has 0 bridgehead atoms. The summed E-state index contributed by atoms with van der Waals surface area (Å²) in [4.78, 5) is 32.1. The molecular weight excluding hydrogens is 322 g/mol. The van der Waals surface area contributed by atoms with Crippen molar-refractivity contribution in [2.45, 2.75) is 19.8 Å². The van der Waals surface area contributed by atoms with Gasteiger partial charge in [-0.25, -0.2) is 4.99 Å². The maximum absolute atomic E-state index is 12.8. The topological polar surface area (TPSA) is 61.8 Å². The highest BCUT2D eigenvalue weighted by Crippen LogP contribution is 2.33. The summed E-state index contributed by atoms with van der Waals surface area (Å²) in [5, 5.41) is 4.79. The van der Waals surface area contributed by atoms with Crippen LogP contribution in [0.5, 0.6) is 0 Å². The minimum atomic E-state index is -0.153. The normalized spacial score (nSPS) is 14.0. The molecule has 5 nitrogen and oxygen atoms in total. The Morgan fingerprint density at radius 2 is 2.12 bits per heavy atom. The Labute approximate surface area is 145 Å². The summed E-state index contributed by atoms with van der Waals surface area (Å²) >= 11 is 1.56. The number of hydrogen-bond donors (Lipinski definition) is 1. The largest absolute Gasteiger partial charge is 0.355 e. The van der Waals surface area contributed by atoms with Crippen molar-refractivity contribution in [3.05, 3.63) is 46.7 Å². The second-order valence-electron chi connectivity index (χ2n) is 5.53. The lowest BCUT2D eigenvalue weighted by molar-refractivity contribution is -0.123. The van der Waals surface area contributed by atoms with Crippen molar-refractivity contribution in [2.24, 2.45) is 4.99 Å². The average molecular weight is 341 g/mol. The van der Waals surface area contributed by atoms with Gasteiger partial charge in [0.1, 0.15) is 6.54 Å². The van der Waals surface area contributed by atoms with E-state index >= 15 is 0 Å². The van der Waals surface area contributed by atoms with E-state index in [1.165, 1.54) is 4.90 Å². The Bertz CT molecular complexity index is 768. The number of amides is 2. The second kappa shape index (κ2) is 7.40. The van der Waals surface area contributed by atoms with Gasteiger partial charge in [-0.05, 0) is 30.0 Å². The van der Waals surface area contributed by atoms with Gasteiger partial charge in [0.15, 0.2) is 0 Å². The molecule has 1 aliphatic rings. The molecule has 0 aliphatic carbocycles. The number of thiophene rings is 1. The van der Waals surface area contributed by atoms with Crippen molar-refractivity contribution in [1.82, 2.24) is 5.32 Å². The lowest BCUT2D eigenvalue weighted by Crippen LogP contribution is -2.41. The van der Waals surface area contributed by atoms with Crippen molar-refractivity contribution in [2.75, 3.05) is 18.0 Å². The van der Waals surface area contributed by atoms with Crippen molar-refractivity contribution in [1.29, 1.82) is 0 Å². The first-order valence-electron chi connectivity index (χ1n) is 7.96. The SMILES string of the molecule is CCCNC(=O)CN1C(=O)CC(c2cccs2)=Nc2ccccc21. The molecule has 0 saturated carbocycles. The zero-order valence-electron chi connectivity index (χ0n) is 13.5. The monoisotopic (exact) mass is 341 g/mol. The van der Waals surface area contributed by atoms with Gasteiger partial charge in [0, 0.05) is 11.4 Å². The van der Waals surface area contributed by atoms with Gasteiger partial charge in [-0.3, -0.25) is 9.59 Å². The first kappa shape index (κ1) is 16.4. The van der Waals surface area contributed by atoms with Crippen LogP contribution in [0.3, 0.4) is 0 Å². The van der Waals surface area contributed by atoms with Crippen LogP contribution in [0.15, 0.2) is 46.8 Å². The molecule has 2 heterocycles. The molecule has 0 spiro atoms. The van der Waals surface area contributed by atoms with Crippen LogP contribution in [0.1, 0.15) is 24.6 Å². The lowest BCUT2D eigenvalue weighted by atomic mass is 10.2. The van der Waals surface area contributed by atoms with Crippen molar-refractivity contribution >= 4 is 40.2 Å². The van der Waals surface area contributed by atoms with Gasteiger partial charge in [0.2, 0.25) is 11.8 Å². The molecule has 0 unspecified atom stereocenters. The maximum Gasteiger partial charge on any atom is 0.240 e. The Hall–Kier alpha value is -2.47. The molecule has 6 heteroatoms. The van der Waals surface area contributed by atoms with Crippen LogP contribution in [0.25, 0.3) is 0 Å². The number of hydrogen-bond acceptors (Lipinski definition) is 4. The molecule has 0 atom stereocenters. The van der Waals surface area contributed by atoms with Gasteiger partial charge in [-0.2, -0.15) is 0 Å².